The Labute approximate surface area is 228 Å². The SMILES string of the molecule is C=C/C(=N\C=C(/C)C1=c2ccccc2=C(/C=C/C=C\C=C/C)c2ccccc2C1)B1OC(C)(C)C(C)(C)O1. The van der Waals surface area contributed by atoms with Crippen LogP contribution in [0.15, 0.2) is 114 Å². The fourth-order valence-corrected chi connectivity index (χ4v) is 4.69. The number of hydrogen-bond donors (Lipinski definition) is 0. The first-order chi connectivity index (χ1) is 18.2. The Balaban J connectivity index is 1.84. The standard InChI is InChI=1S/C34H38BNO2/c1-8-10-11-12-13-20-28-27-19-15-14-18-26(27)23-31(30-22-17-16-21-29(28)30)25(3)24-36-32(9-2)35-37-33(4,5)34(6,7)38-35/h8-22,24H,2,23H2,1,3-7H3/b10-8-,12-11-,20-13+,25-24+,36-32+. The summed E-state index contributed by atoms with van der Waals surface area (Å²) in [4.78, 5) is 4.82. The molecule has 0 unspecified atom stereocenters. The van der Waals surface area contributed by atoms with Crippen LogP contribution < -0.4 is 10.4 Å². The van der Waals surface area contributed by atoms with Crippen LogP contribution in [0.25, 0.3) is 11.1 Å². The number of rotatable bonds is 7. The van der Waals surface area contributed by atoms with Crippen molar-refractivity contribution < 1.29 is 9.31 Å². The smallest absolute Gasteiger partial charge is 0.398 e. The van der Waals surface area contributed by atoms with Crippen LogP contribution in [0.4, 0.5) is 0 Å². The molecule has 38 heavy (non-hydrogen) atoms. The van der Waals surface area contributed by atoms with Crippen molar-refractivity contribution in [3.63, 3.8) is 0 Å². The van der Waals surface area contributed by atoms with Gasteiger partial charge in [0.1, 0.15) is 0 Å². The highest BCUT2D eigenvalue weighted by Gasteiger charge is 2.52. The molecule has 0 bridgehead atoms. The first kappa shape index (κ1) is 27.6. The number of nitrogens with zero attached hydrogens (tertiary/aromatic N) is 1. The highest BCUT2D eigenvalue weighted by molar-refractivity contribution is 6.84. The monoisotopic (exact) mass is 503 g/mol. The van der Waals surface area contributed by atoms with Gasteiger partial charge in [-0.1, -0.05) is 97.6 Å². The van der Waals surface area contributed by atoms with E-state index in [1.54, 1.807) is 6.08 Å². The zero-order valence-electron chi connectivity index (χ0n) is 23.5. The van der Waals surface area contributed by atoms with Crippen LogP contribution >= 0.6 is 0 Å². The van der Waals surface area contributed by atoms with Crippen molar-refractivity contribution in [3.8, 4) is 0 Å². The summed E-state index contributed by atoms with van der Waals surface area (Å²) in [7, 11) is -0.547. The summed E-state index contributed by atoms with van der Waals surface area (Å²) < 4.78 is 12.4. The van der Waals surface area contributed by atoms with Gasteiger partial charge in [0, 0.05) is 6.20 Å². The average Bonchev–Trinajstić information content (AvgIpc) is 3.03. The topological polar surface area (TPSA) is 30.8 Å². The summed E-state index contributed by atoms with van der Waals surface area (Å²) >= 11 is 0. The molecule has 1 aliphatic carbocycles. The van der Waals surface area contributed by atoms with Gasteiger partial charge in [-0.3, -0.25) is 4.99 Å². The van der Waals surface area contributed by atoms with Gasteiger partial charge in [0.05, 0.1) is 16.8 Å². The molecule has 4 rings (SSSR count). The summed E-state index contributed by atoms with van der Waals surface area (Å²) in [6, 6.07) is 17.3. The maximum atomic E-state index is 6.21. The van der Waals surface area contributed by atoms with E-state index in [0.29, 0.717) is 5.61 Å². The summed E-state index contributed by atoms with van der Waals surface area (Å²) in [6.07, 6.45) is 17.0. The second-order valence-corrected chi connectivity index (χ2v) is 10.7. The van der Waals surface area contributed by atoms with E-state index >= 15 is 0 Å². The molecule has 2 aromatic rings. The molecule has 2 aliphatic rings. The van der Waals surface area contributed by atoms with Crippen molar-refractivity contribution >= 4 is 23.9 Å². The second kappa shape index (κ2) is 11.5. The largest absolute Gasteiger partial charge is 0.514 e. The Hall–Kier alpha value is -3.47. The molecule has 0 aromatic heterocycles. The van der Waals surface area contributed by atoms with Crippen LogP contribution in [0.3, 0.4) is 0 Å². The van der Waals surface area contributed by atoms with Gasteiger partial charge in [0.25, 0.3) is 0 Å². The molecule has 1 fully saturated rings. The minimum Gasteiger partial charge on any atom is -0.398 e. The number of allylic oxidation sites excluding steroid dienone is 8. The highest BCUT2D eigenvalue weighted by Crippen LogP contribution is 2.37. The lowest BCUT2D eigenvalue weighted by molar-refractivity contribution is 0.00578. The van der Waals surface area contributed by atoms with Crippen LogP contribution in [-0.2, 0) is 15.7 Å². The maximum absolute atomic E-state index is 6.21. The molecule has 1 aliphatic heterocycles. The second-order valence-electron chi connectivity index (χ2n) is 10.7. The third-order valence-electron chi connectivity index (χ3n) is 7.59. The lowest BCUT2D eigenvalue weighted by atomic mass is 9.82. The highest BCUT2D eigenvalue weighted by atomic mass is 16.7. The molecule has 2 aromatic carbocycles. The molecule has 0 amide bonds. The molecule has 0 atom stereocenters. The number of fused-ring (bicyclic) bond motifs is 2. The molecule has 0 saturated carbocycles. The van der Waals surface area contributed by atoms with Gasteiger partial charge < -0.3 is 9.31 Å². The van der Waals surface area contributed by atoms with Crippen LogP contribution in [0, 0.1) is 0 Å². The predicted molar refractivity (Wildman–Crippen MR) is 162 cm³/mol. The van der Waals surface area contributed by atoms with Crippen LogP contribution in [0.5, 0.6) is 0 Å². The van der Waals surface area contributed by atoms with Gasteiger partial charge in [-0.2, -0.15) is 0 Å². The summed E-state index contributed by atoms with van der Waals surface area (Å²) in [5.74, 6) is 0. The van der Waals surface area contributed by atoms with Crippen molar-refractivity contribution in [2.45, 2.75) is 59.2 Å². The van der Waals surface area contributed by atoms with E-state index in [9.17, 15) is 0 Å². The average molecular weight is 503 g/mol. The molecule has 4 heteroatoms. The predicted octanol–water partition coefficient (Wildman–Crippen LogP) is 6.44. The molecular weight excluding hydrogens is 465 g/mol. The van der Waals surface area contributed by atoms with Crippen LogP contribution in [0.1, 0.15) is 52.7 Å². The zero-order valence-corrected chi connectivity index (χ0v) is 23.5. The molecule has 3 nitrogen and oxygen atoms in total. The quantitative estimate of drug-likeness (QED) is 0.247. The van der Waals surface area contributed by atoms with E-state index in [2.05, 4.69) is 80.3 Å². The Morgan fingerprint density at radius 1 is 0.895 bits per heavy atom. The molecular formula is C34H38BNO2. The summed E-state index contributed by atoms with van der Waals surface area (Å²) in [6.45, 7) is 16.3. The van der Waals surface area contributed by atoms with Crippen molar-refractivity contribution in [2.24, 2.45) is 4.99 Å². The molecule has 0 radical (unpaired) electrons. The minimum atomic E-state index is -0.547. The lowest BCUT2D eigenvalue weighted by Gasteiger charge is -2.32. The van der Waals surface area contributed by atoms with Gasteiger partial charge in [-0.05, 0) is 86.2 Å². The summed E-state index contributed by atoms with van der Waals surface area (Å²) in [5, 5.41) is 2.44. The maximum Gasteiger partial charge on any atom is 0.514 e. The van der Waals surface area contributed by atoms with Crippen LogP contribution in [0.2, 0.25) is 0 Å². The van der Waals surface area contributed by atoms with Gasteiger partial charge in [0.2, 0.25) is 0 Å². The summed E-state index contributed by atoms with van der Waals surface area (Å²) in [5.41, 5.74) is 5.93. The molecule has 1 heterocycles. The zero-order chi connectivity index (χ0) is 27.3. The lowest BCUT2D eigenvalue weighted by Crippen LogP contribution is -2.41. The van der Waals surface area contributed by atoms with E-state index in [-0.39, 0.29) is 0 Å². The van der Waals surface area contributed by atoms with Gasteiger partial charge in [0.15, 0.2) is 0 Å². The minimum absolute atomic E-state index is 0.430. The first-order valence-electron chi connectivity index (χ1n) is 13.3. The fourth-order valence-electron chi connectivity index (χ4n) is 4.69. The van der Waals surface area contributed by atoms with E-state index < -0.39 is 18.3 Å². The Morgan fingerprint density at radius 2 is 1.53 bits per heavy atom. The van der Waals surface area contributed by atoms with Crippen molar-refractivity contribution in [1.29, 1.82) is 0 Å². The fraction of sp³-hybridized carbons (Fsp3) is 0.265. The Bertz CT molecular complexity index is 1470. The van der Waals surface area contributed by atoms with Crippen molar-refractivity contribution in [2.75, 3.05) is 0 Å². The molecule has 0 spiro atoms. The normalized spacial score (nSPS) is 19.4. The number of aliphatic imine (C=N–C) groups is 1. The molecule has 194 valence electrons. The van der Waals surface area contributed by atoms with E-state index in [4.69, 9.17) is 14.3 Å². The van der Waals surface area contributed by atoms with E-state index in [1.807, 2.05) is 59.0 Å². The van der Waals surface area contributed by atoms with Crippen molar-refractivity contribution in [3.05, 3.63) is 131 Å². The van der Waals surface area contributed by atoms with Crippen LogP contribution in [-0.4, -0.2) is 23.9 Å². The number of benzene rings is 2. The van der Waals surface area contributed by atoms with Gasteiger partial charge in [-0.25, -0.2) is 0 Å². The van der Waals surface area contributed by atoms with E-state index in [0.717, 1.165) is 12.0 Å². The third kappa shape index (κ3) is 5.67. The third-order valence-corrected chi connectivity index (χ3v) is 7.59. The first-order valence-corrected chi connectivity index (χ1v) is 13.3. The number of hydrogen-bond acceptors (Lipinski definition) is 3. The Kier molecular flexibility index (Phi) is 8.35. The van der Waals surface area contributed by atoms with Gasteiger partial charge >= 0.3 is 7.12 Å². The van der Waals surface area contributed by atoms with E-state index in [1.165, 1.54) is 32.7 Å². The molecule has 0 N–H and O–H groups in total. The molecule has 1 saturated heterocycles. The van der Waals surface area contributed by atoms with Crippen molar-refractivity contribution in [1.82, 2.24) is 0 Å². The Morgan fingerprint density at radius 3 is 2.21 bits per heavy atom. The van der Waals surface area contributed by atoms with Gasteiger partial charge in [-0.15, -0.1) is 0 Å².